The Labute approximate surface area is 127 Å². The number of rotatable bonds is 3. The third-order valence-electron chi connectivity index (χ3n) is 2.74. The molecule has 7 heteroatoms. The summed E-state index contributed by atoms with van der Waals surface area (Å²) in [7, 11) is 0. The molecule has 0 bridgehead atoms. The molecular weight excluding hydrogens is 341 g/mol. The standard InChI is InChI=1S/C14H9BrFN3O2/c15-8-1-2-12(7(3-8)6-17)19-13-5-10(16)9(14(20)21)4-11(13)18/h1-5,19H,18H2,(H,20,21). The SMILES string of the molecule is N#Cc1cc(Br)ccc1Nc1cc(F)c(C(=O)O)cc1N. The van der Waals surface area contributed by atoms with Gasteiger partial charge in [0, 0.05) is 10.5 Å². The first-order valence-electron chi connectivity index (χ1n) is 5.71. The lowest BCUT2D eigenvalue weighted by Gasteiger charge is -2.12. The Bertz CT molecular complexity index is 772. The number of hydrogen-bond donors (Lipinski definition) is 3. The Hall–Kier alpha value is -2.59. The molecule has 0 heterocycles. The summed E-state index contributed by atoms with van der Waals surface area (Å²) >= 11 is 3.25. The second-order valence-electron chi connectivity index (χ2n) is 4.15. The van der Waals surface area contributed by atoms with Crippen LogP contribution in [0.3, 0.4) is 0 Å². The summed E-state index contributed by atoms with van der Waals surface area (Å²) in [5.41, 5.74) is 6.25. The van der Waals surface area contributed by atoms with Crippen LogP contribution < -0.4 is 11.1 Å². The minimum absolute atomic E-state index is 0.0700. The molecule has 0 saturated carbocycles. The summed E-state index contributed by atoms with van der Waals surface area (Å²) < 4.78 is 14.4. The number of nitrogen functional groups attached to an aromatic ring is 1. The van der Waals surface area contributed by atoms with E-state index in [0.29, 0.717) is 11.3 Å². The maximum absolute atomic E-state index is 13.7. The molecule has 106 valence electrons. The van der Waals surface area contributed by atoms with Crippen molar-refractivity contribution in [3.05, 3.63) is 51.7 Å². The fourth-order valence-electron chi connectivity index (χ4n) is 1.73. The Kier molecular flexibility index (Phi) is 4.10. The van der Waals surface area contributed by atoms with E-state index in [1.807, 2.05) is 6.07 Å². The number of halogens is 2. The van der Waals surface area contributed by atoms with Crippen LogP contribution in [0.4, 0.5) is 21.5 Å². The first-order chi connectivity index (χ1) is 9.92. The average molecular weight is 350 g/mol. The minimum Gasteiger partial charge on any atom is -0.478 e. The lowest BCUT2D eigenvalue weighted by Crippen LogP contribution is -2.05. The predicted octanol–water partition coefficient (Wildman–Crippen LogP) is 3.48. The third kappa shape index (κ3) is 3.12. The van der Waals surface area contributed by atoms with Crippen LogP contribution in [0.15, 0.2) is 34.8 Å². The number of nitrogens with one attached hydrogen (secondary N) is 1. The van der Waals surface area contributed by atoms with E-state index in [1.165, 1.54) is 0 Å². The number of nitrogens with two attached hydrogens (primary N) is 1. The molecule has 5 nitrogen and oxygen atoms in total. The second kappa shape index (κ2) is 5.81. The highest BCUT2D eigenvalue weighted by atomic mass is 79.9. The summed E-state index contributed by atoms with van der Waals surface area (Å²) in [5, 5.41) is 20.7. The van der Waals surface area contributed by atoms with Crippen LogP contribution in [0.25, 0.3) is 0 Å². The zero-order valence-electron chi connectivity index (χ0n) is 10.5. The first kappa shape index (κ1) is 14.8. The van der Waals surface area contributed by atoms with Crippen LogP contribution in [0, 0.1) is 17.1 Å². The van der Waals surface area contributed by atoms with E-state index in [4.69, 9.17) is 16.1 Å². The number of carboxylic acid groups (broad SMARTS) is 1. The highest BCUT2D eigenvalue weighted by molar-refractivity contribution is 9.10. The van der Waals surface area contributed by atoms with Gasteiger partial charge in [0.25, 0.3) is 0 Å². The first-order valence-corrected chi connectivity index (χ1v) is 6.50. The van der Waals surface area contributed by atoms with Crippen LogP contribution in [-0.4, -0.2) is 11.1 Å². The zero-order chi connectivity index (χ0) is 15.6. The summed E-state index contributed by atoms with van der Waals surface area (Å²) in [6.45, 7) is 0. The Balaban J connectivity index is 2.44. The van der Waals surface area contributed by atoms with Gasteiger partial charge in [-0.15, -0.1) is 0 Å². The van der Waals surface area contributed by atoms with Gasteiger partial charge in [0.2, 0.25) is 0 Å². The molecule has 0 aromatic heterocycles. The molecule has 2 rings (SSSR count). The number of nitriles is 1. The van der Waals surface area contributed by atoms with E-state index in [9.17, 15) is 9.18 Å². The smallest absolute Gasteiger partial charge is 0.338 e. The maximum atomic E-state index is 13.7. The molecule has 0 amide bonds. The fraction of sp³-hybridized carbons (Fsp3) is 0. The van der Waals surface area contributed by atoms with Gasteiger partial charge in [0.1, 0.15) is 11.9 Å². The van der Waals surface area contributed by atoms with Crippen molar-refractivity contribution in [2.45, 2.75) is 0 Å². The normalized spacial score (nSPS) is 9.95. The Morgan fingerprint density at radius 2 is 2.05 bits per heavy atom. The van der Waals surface area contributed by atoms with Gasteiger partial charge in [-0.2, -0.15) is 5.26 Å². The monoisotopic (exact) mass is 349 g/mol. The average Bonchev–Trinajstić information content (AvgIpc) is 2.43. The largest absolute Gasteiger partial charge is 0.478 e. The third-order valence-corrected chi connectivity index (χ3v) is 3.23. The molecule has 0 aliphatic rings. The number of aromatic carboxylic acids is 1. The molecule has 0 aliphatic carbocycles. The molecule has 0 fully saturated rings. The van der Waals surface area contributed by atoms with Crippen molar-refractivity contribution in [1.82, 2.24) is 0 Å². The van der Waals surface area contributed by atoms with Crippen molar-refractivity contribution < 1.29 is 14.3 Å². The molecule has 0 atom stereocenters. The number of anilines is 3. The molecule has 21 heavy (non-hydrogen) atoms. The highest BCUT2D eigenvalue weighted by Crippen LogP contribution is 2.29. The molecular formula is C14H9BrFN3O2. The van der Waals surface area contributed by atoms with Gasteiger partial charge < -0.3 is 16.2 Å². The van der Waals surface area contributed by atoms with E-state index in [-0.39, 0.29) is 11.4 Å². The molecule has 0 aliphatic heterocycles. The van der Waals surface area contributed by atoms with Crippen LogP contribution in [0.5, 0.6) is 0 Å². The van der Waals surface area contributed by atoms with Gasteiger partial charge in [-0.05, 0) is 24.3 Å². The number of carboxylic acids is 1. The second-order valence-corrected chi connectivity index (χ2v) is 5.07. The van der Waals surface area contributed by atoms with E-state index in [1.54, 1.807) is 18.2 Å². The van der Waals surface area contributed by atoms with Crippen molar-refractivity contribution in [3.8, 4) is 6.07 Å². The van der Waals surface area contributed by atoms with Crippen molar-refractivity contribution >= 4 is 39.0 Å². The summed E-state index contributed by atoms with van der Waals surface area (Å²) in [4.78, 5) is 10.8. The van der Waals surface area contributed by atoms with Gasteiger partial charge in [0.05, 0.1) is 28.2 Å². The molecule has 2 aromatic rings. The lowest BCUT2D eigenvalue weighted by molar-refractivity contribution is 0.0692. The Morgan fingerprint density at radius 3 is 2.67 bits per heavy atom. The zero-order valence-corrected chi connectivity index (χ0v) is 12.1. The van der Waals surface area contributed by atoms with Crippen LogP contribution in [0.1, 0.15) is 15.9 Å². The summed E-state index contributed by atoms with van der Waals surface area (Å²) in [6, 6.07) is 8.96. The highest BCUT2D eigenvalue weighted by Gasteiger charge is 2.14. The van der Waals surface area contributed by atoms with E-state index >= 15 is 0 Å². The van der Waals surface area contributed by atoms with Gasteiger partial charge in [0.15, 0.2) is 0 Å². The molecule has 0 spiro atoms. The molecule has 4 N–H and O–H groups in total. The van der Waals surface area contributed by atoms with Crippen LogP contribution >= 0.6 is 15.9 Å². The van der Waals surface area contributed by atoms with Crippen molar-refractivity contribution in [2.75, 3.05) is 11.1 Å². The van der Waals surface area contributed by atoms with Crippen molar-refractivity contribution in [1.29, 1.82) is 5.26 Å². The van der Waals surface area contributed by atoms with E-state index in [0.717, 1.165) is 16.6 Å². The summed E-state index contributed by atoms with van der Waals surface area (Å²) in [5.74, 6) is -2.30. The van der Waals surface area contributed by atoms with Crippen LogP contribution in [-0.2, 0) is 0 Å². The van der Waals surface area contributed by atoms with Crippen LogP contribution in [0.2, 0.25) is 0 Å². The van der Waals surface area contributed by atoms with Gasteiger partial charge >= 0.3 is 5.97 Å². The summed E-state index contributed by atoms with van der Waals surface area (Å²) in [6.07, 6.45) is 0. The van der Waals surface area contributed by atoms with Gasteiger partial charge in [-0.25, -0.2) is 9.18 Å². The molecule has 0 unspecified atom stereocenters. The number of nitrogens with zero attached hydrogens (tertiary/aromatic N) is 1. The number of carbonyl (C=O) groups is 1. The fourth-order valence-corrected chi connectivity index (χ4v) is 2.09. The van der Waals surface area contributed by atoms with Crippen molar-refractivity contribution in [3.63, 3.8) is 0 Å². The van der Waals surface area contributed by atoms with Gasteiger partial charge in [-0.1, -0.05) is 15.9 Å². The quantitative estimate of drug-likeness (QED) is 0.736. The van der Waals surface area contributed by atoms with E-state index in [2.05, 4.69) is 21.2 Å². The van der Waals surface area contributed by atoms with E-state index < -0.39 is 17.3 Å². The maximum Gasteiger partial charge on any atom is 0.338 e. The Morgan fingerprint density at radius 1 is 1.33 bits per heavy atom. The topological polar surface area (TPSA) is 99.1 Å². The molecule has 0 saturated heterocycles. The number of hydrogen-bond acceptors (Lipinski definition) is 4. The molecule has 0 radical (unpaired) electrons. The predicted molar refractivity (Wildman–Crippen MR) is 79.9 cm³/mol. The van der Waals surface area contributed by atoms with Crippen molar-refractivity contribution in [2.24, 2.45) is 0 Å². The number of benzene rings is 2. The lowest BCUT2D eigenvalue weighted by atomic mass is 10.1. The minimum atomic E-state index is -1.40. The van der Waals surface area contributed by atoms with Gasteiger partial charge in [-0.3, -0.25) is 0 Å². The molecule has 2 aromatic carbocycles.